The van der Waals surface area contributed by atoms with Crippen molar-refractivity contribution in [1.82, 2.24) is 15.3 Å². The third-order valence-electron chi connectivity index (χ3n) is 3.40. The molecule has 2 rings (SSSR count). The van der Waals surface area contributed by atoms with E-state index in [2.05, 4.69) is 34.4 Å². The van der Waals surface area contributed by atoms with E-state index >= 15 is 0 Å². The predicted molar refractivity (Wildman–Crippen MR) is 89.6 cm³/mol. The number of ether oxygens (including phenoxy) is 1. The third kappa shape index (κ3) is 3.92. The molecule has 2 heterocycles. The Kier molecular flexibility index (Phi) is 5.68. The molecule has 6 nitrogen and oxygen atoms in total. The summed E-state index contributed by atoms with van der Waals surface area (Å²) in [7, 11) is 1.65. The van der Waals surface area contributed by atoms with Crippen LogP contribution < -0.4 is 10.6 Å². The zero-order chi connectivity index (χ0) is 16.1. The average molecular weight is 322 g/mol. The largest absolute Gasteiger partial charge is 0.385 e. The number of fused-ring (bicyclic) bond motifs is 1. The van der Waals surface area contributed by atoms with Crippen LogP contribution in [0.3, 0.4) is 0 Å². The summed E-state index contributed by atoms with van der Waals surface area (Å²) in [4.78, 5) is 22.9. The van der Waals surface area contributed by atoms with Gasteiger partial charge in [-0.15, -0.1) is 11.3 Å². The van der Waals surface area contributed by atoms with Gasteiger partial charge in [0.2, 0.25) is 5.91 Å². The van der Waals surface area contributed by atoms with Crippen molar-refractivity contribution in [2.24, 2.45) is 0 Å². The number of carbonyl (C=O) groups excluding carboxylic acids is 1. The van der Waals surface area contributed by atoms with Gasteiger partial charge in [0.05, 0.1) is 11.9 Å². The van der Waals surface area contributed by atoms with Gasteiger partial charge in [-0.05, 0) is 32.8 Å². The summed E-state index contributed by atoms with van der Waals surface area (Å²) in [5.74, 6) is 1.39. The monoisotopic (exact) mass is 322 g/mol. The van der Waals surface area contributed by atoms with Gasteiger partial charge in [-0.3, -0.25) is 4.79 Å². The molecule has 0 aromatic carbocycles. The SMILES string of the molecule is COCCCNC(=O)CNc1nc(C)nc2sc(C)c(C)c12. The summed E-state index contributed by atoms with van der Waals surface area (Å²) in [6.07, 6.45) is 0.807. The van der Waals surface area contributed by atoms with Crippen LogP contribution in [0.5, 0.6) is 0 Å². The topological polar surface area (TPSA) is 76.1 Å². The summed E-state index contributed by atoms with van der Waals surface area (Å²) >= 11 is 1.66. The molecule has 0 aliphatic carbocycles. The highest BCUT2D eigenvalue weighted by molar-refractivity contribution is 7.18. The first-order chi connectivity index (χ1) is 10.5. The first kappa shape index (κ1) is 16.6. The van der Waals surface area contributed by atoms with E-state index in [4.69, 9.17) is 4.74 Å². The number of hydrogen-bond donors (Lipinski definition) is 2. The summed E-state index contributed by atoms with van der Waals surface area (Å²) < 4.78 is 4.95. The number of methoxy groups -OCH3 is 1. The summed E-state index contributed by atoms with van der Waals surface area (Å²) in [6, 6.07) is 0. The van der Waals surface area contributed by atoms with Gasteiger partial charge in [-0.25, -0.2) is 9.97 Å². The third-order valence-corrected chi connectivity index (χ3v) is 4.51. The molecule has 0 bridgehead atoms. The van der Waals surface area contributed by atoms with Crippen molar-refractivity contribution in [3.63, 3.8) is 0 Å². The van der Waals surface area contributed by atoms with Gasteiger partial charge in [0.1, 0.15) is 16.5 Å². The molecule has 1 amide bonds. The van der Waals surface area contributed by atoms with Crippen LogP contribution in [0.4, 0.5) is 5.82 Å². The number of amides is 1. The van der Waals surface area contributed by atoms with Crippen LogP contribution in [-0.4, -0.2) is 42.7 Å². The maximum atomic E-state index is 11.8. The van der Waals surface area contributed by atoms with E-state index in [1.54, 1.807) is 18.4 Å². The maximum Gasteiger partial charge on any atom is 0.239 e. The zero-order valence-corrected chi connectivity index (χ0v) is 14.3. The summed E-state index contributed by atoms with van der Waals surface area (Å²) in [5, 5.41) is 7.00. The van der Waals surface area contributed by atoms with Gasteiger partial charge in [0.25, 0.3) is 0 Å². The normalized spacial score (nSPS) is 10.9. The summed E-state index contributed by atoms with van der Waals surface area (Å²) in [6.45, 7) is 7.45. The Morgan fingerprint density at radius 3 is 2.77 bits per heavy atom. The molecule has 120 valence electrons. The number of hydrogen-bond acceptors (Lipinski definition) is 6. The molecule has 0 spiro atoms. The highest BCUT2D eigenvalue weighted by Gasteiger charge is 2.13. The minimum absolute atomic E-state index is 0.0508. The Bertz CT molecular complexity index is 669. The van der Waals surface area contributed by atoms with Crippen molar-refractivity contribution in [3.8, 4) is 0 Å². The lowest BCUT2D eigenvalue weighted by atomic mass is 10.2. The van der Waals surface area contributed by atoms with Gasteiger partial charge >= 0.3 is 0 Å². The number of aryl methyl sites for hydroxylation is 3. The first-order valence-electron chi connectivity index (χ1n) is 7.26. The van der Waals surface area contributed by atoms with Crippen molar-refractivity contribution in [1.29, 1.82) is 0 Å². The van der Waals surface area contributed by atoms with E-state index in [9.17, 15) is 4.79 Å². The first-order valence-corrected chi connectivity index (χ1v) is 8.08. The number of rotatable bonds is 7. The van der Waals surface area contributed by atoms with Crippen LogP contribution in [0.1, 0.15) is 22.7 Å². The molecular weight excluding hydrogens is 300 g/mol. The number of carbonyl (C=O) groups is 1. The molecule has 22 heavy (non-hydrogen) atoms. The van der Waals surface area contributed by atoms with Gasteiger partial charge < -0.3 is 15.4 Å². The minimum atomic E-state index is -0.0508. The quantitative estimate of drug-likeness (QED) is 0.764. The van der Waals surface area contributed by atoms with Crippen molar-refractivity contribution >= 4 is 33.3 Å². The predicted octanol–water partition coefficient (Wildman–Crippen LogP) is 2.18. The van der Waals surface area contributed by atoms with E-state index in [0.29, 0.717) is 19.0 Å². The Morgan fingerprint density at radius 1 is 1.27 bits per heavy atom. The molecule has 2 aromatic rings. The number of anilines is 1. The van der Waals surface area contributed by atoms with Crippen molar-refractivity contribution in [2.45, 2.75) is 27.2 Å². The van der Waals surface area contributed by atoms with E-state index in [1.165, 1.54) is 10.4 Å². The van der Waals surface area contributed by atoms with E-state index in [0.717, 1.165) is 22.5 Å². The second-order valence-electron chi connectivity index (χ2n) is 5.13. The fourth-order valence-electron chi connectivity index (χ4n) is 2.16. The molecule has 0 saturated heterocycles. The molecule has 0 saturated carbocycles. The van der Waals surface area contributed by atoms with Crippen LogP contribution in [0.2, 0.25) is 0 Å². The molecule has 7 heteroatoms. The van der Waals surface area contributed by atoms with Crippen LogP contribution in [0.25, 0.3) is 10.2 Å². The minimum Gasteiger partial charge on any atom is -0.385 e. The Morgan fingerprint density at radius 2 is 2.05 bits per heavy atom. The molecule has 0 unspecified atom stereocenters. The molecule has 0 atom stereocenters. The molecule has 0 aliphatic heterocycles. The van der Waals surface area contributed by atoms with Crippen LogP contribution in [-0.2, 0) is 9.53 Å². The standard InChI is InChI=1S/C15H22N4O2S/c1-9-10(2)22-15-13(9)14(18-11(3)19-15)17-8-12(20)16-6-5-7-21-4/h5-8H2,1-4H3,(H,16,20)(H,17,18,19). The average Bonchev–Trinajstić information content (AvgIpc) is 2.76. The Balaban J connectivity index is 2.03. The highest BCUT2D eigenvalue weighted by Crippen LogP contribution is 2.32. The van der Waals surface area contributed by atoms with Gasteiger partial charge in [-0.1, -0.05) is 0 Å². The second-order valence-corrected chi connectivity index (χ2v) is 6.34. The molecule has 2 N–H and O–H groups in total. The molecule has 0 radical (unpaired) electrons. The zero-order valence-electron chi connectivity index (χ0n) is 13.4. The van der Waals surface area contributed by atoms with Crippen molar-refractivity contribution in [3.05, 3.63) is 16.3 Å². The van der Waals surface area contributed by atoms with Crippen molar-refractivity contribution in [2.75, 3.05) is 32.1 Å². The fourth-order valence-corrected chi connectivity index (χ4v) is 3.23. The van der Waals surface area contributed by atoms with Crippen molar-refractivity contribution < 1.29 is 9.53 Å². The van der Waals surface area contributed by atoms with E-state index in [1.807, 2.05) is 6.92 Å². The Labute approximate surface area is 134 Å². The van der Waals surface area contributed by atoms with Gasteiger partial charge in [0, 0.05) is 25.1 Å². The van der Waals surface area contributed by atoms with Crippen LogP contribution >= 0.6 is 11.3 Å². The lowest BCUT2D eigenvalue weighted by Gasteiger charge is -2.09. The smallest absolute Gasteiger partial charge is 0.239 e. The number of aromatic nitrogens is 2. The number of nitrogens with zero attached hydrogens (tertiary/aromatic N) is 2. The van der Waals surface area contributed by atoms with E-state index < -0.39 is 0 Å². The molecule has 2 aromatic heterocycles. The molecule has 0 aliphatic rings. The fraction of sp³-hybridized carbons (Fsp3) is 0.533. The van der Waals surface area contributed by atoms with Gasteiger partial charge in [-0.2, -0.15) is 0 Å². The lowest BCUT2D eigenvalue weighted by Crippen LogP contribution is -2.31. The second kappa shape index (κ2) is 7.51. The Hall–Kier alpha value is -1.73. The van der Waals surface area contributed by atoms with Gasteiger partial charge in [0.15, 0.2) is 0 Å². The highest BCUT2D eigenvalue weighted by atomic mass is 32.1. The summed E-state index contributed by atoms with van der Waals surface area (Å²) in [5.41, 5.74) is 1.17. The van der Waals surface area contributed by atoms with E-state index in [-0.39, 0.29) is 12.5 Å². The number of thiophene rings is 1. The maximum absolute atomic E-state index is 11.8. The lowest BCUT2D eigenvalue weighted by molar-refractivity contribution is -0.119. The number of nitrogens with one attached hydrogen (secondary N) is 2. The molecular formula is C15H22N4O2S. The van der Waals surface area contributed by atoms with Crippen LogP contribution in [0.15, 0.2) is 0 Å². The molecule has 0 fully saturated rings. The van der Waals surface area contributed by atoms with Crippen LogP contribution in [0, 0.1) is 20.8 Å².